The predicted octanol–water partition coefficient (Wildman–Crippen LogP) is 3.09. The Kier molecular flexibility index (Phi) is 5.31. The molecule has 0 aliphatic heterocycles. The van der Waals surface area contributed by atoms with Gasteiger partial charge in [0.2, 0.25) is 5.88 Å². The Morgan fingerprint density at radius 1 is 1.14 bits per heavy atom. The number of rotatable bonds is 8. The van der Waals surface area contributed by atoms with Crippen LogP contribution in [0.2, 0.25) is 0 Å². The third-order valence-electron chi connectivity index (χ3n) is 3.91. The lowest BCUT2D eigenvalue weighted by Crippen LogP contribution is -2.07. The molecule has 5 heteroatoms. The Bertz CT molecular complexity index is 559. The maximum atomic E-state index is 10.2. The number of unbranched alkanes of at least 4 members (excludes halogenated alkanes) is 1. The van der Waals surface area contributed by atoms with Crippen molar-refractivity contribution in [3.63, 3.8) is 0 Å². The van der Waals surface area contributed by atoms with Gasteiger partial charge in [0.25, 0.3) is 0 Å². The molecule has 116 valence electrons. The van der Waals surface area contributed by atoms with Crippen LogP contribution in [0.5, 0.6) is 11.6 Å². The molecule has 0 aliphatic carbocycles. The summed E-state index contributed by atoms with van der Waals surface area (Å²) < 4.78 is 3.90. The number of nitrogens with zero attached hydrogens (tertiary/aromatic N) is 3. The van der Waals surface area contributed by atoms with Crippen molar-refractivity contribution in [3.8, 4) is 11.6 Å². The van der Waals surface area contributed by atoms with E-state index < -0.39 is 0 Å². The van der Waals surface area contributed by atoms with Crippen LogP contribution in [0.15, 0.2) is 18.7 Å². The van der Waals surface area contributed by atoms with Crippen molar-refractivity contribution >= 4 is 0 Å². The Morgan fingerprint density at radius 3 is 2.57 bits per heavy atom. The summed E-state index contributed by atoms with van der Waals surface area (Å²) in [6, 6.07) is 0. The van der Waals surface area contributed by atoms with Gasteiger partial charge in [-0.25, -0.2) is 4.98 Å². The molecule has 0 saturated heterocycles. The maximum Gasteiger partial charge on any atom is 0.235 e. The zero-order chi connectivity index (χ0) is 15.2. The summed E-state index contributed by atoms with van der Waals surface area (Å²) in [6.07, 6.45) is 10.2. The molecule has 0 aromatic carbocycles. The quantitative estimate of drug-likeness (QED) is 0.785. The number of aromatic nitrogens is 3. The zero-order valence-corrected chi connectivity index (χ0v) is 12.9. The summed E-state index contributed by atoms with van der Waals surface area (Å²) in [7, 11) is 0. The molecule has 2 rings (SSSR count). The highest BCUT2D eigenvalue weighted by molar-refractivity contribution is 5.47. The molecule has 21 heavy (non-hydrogen) atoms. The van der Waals surface area contributed by atoms with Gasteiger partial charge >= 0.3 is 0 Å². The number of imidazole rings is 1. The van der Waals surface area contributed by atoms with Crippen LogP contribution in [-0.2, 0) is 25.9 Å². The van der Waals surface area contributed by atoms with Crippen molar-refractivity contribution in [3.05, 3.63) is 30.0 Å². The topological polar surface area (TPSA) is 63.2 Å². The molecule has 2 N–H and O–H groups in total. The molecule has 2 aromatic heterocycles. The summed E-state index contributed by atoms with van der Waals surface area (Å²) in [5.74, 6) is 0.0785. The summed E-state index contributed by atoms with van der Waals surface area (Å²) in [6.45, 7) is 5.72. The van der Waals surface area contributed by atoms with Crippen molar-refractivity contribution in [1.82, 2.24) is 14.1 Å². The van der Waals surface area contributed by atoms with Gasteiger partial charge in [-0.2, -0.15) is 0 Å². The summed E-state index contributed by atoms with van der Waals surface area (Å²) >= 11 is 0. The van der Waals surface area contributed by atoms with Crippen molar-refractivity contribution in [2.45, 2.75) is 59.0 Å². The van der Waals surface area contributed by atoms with Crippen molar-refractivity contribution in [2.24, 2.45) is 0 Å². The molecule has 0 spiro atoms. The van der Waals surface area contributed by atoms with Crippen LogP contribution in [0.25, 0.3) is 0 Å². The van der Waals surface area contributed by atoms with Crippen LogP contribution in [0.4, 0.5) is 0 Å². The average Bonchev–Trinajstić information content (AvgIpc) is 3.07. The molecular weight excluding hydrogens is 266 g/mol. The summed E-state index contributed by atoms with van der Waals surface area (Å²) in [5, 5.41) is 20.3. The molecule has 2 heterocycles. The molecular formula is C16H25N3O2. The standard InChI is InChI=1S/C16H25N3O2/c1-3-5-7-14-13(4-2)15(20)16(21)19(14)10-6-9-18-11-8-17-12-18/h8,11-12,20-21H,3-7,9-10H2,1-2H3. The third kappa shape index (κ3) is 3.40. The number of hydrogen-bond donors (Lipinski definition) is 2. The van der Waals surface area contributed by atoms with Gasteiger partial charge in [0.1, 0.15) is 0 Å². The zero-order valence-electron chi connectivity index (χ0n) is 12.9. The summed E-state index contributed by atoms with van der Waals surface area (Å²) in [4.78, 5) is 4.02. The van der Waals surface area contributed by atoms with E-state index in [-0.39, 0.29) is 11.6 Å². The first-order valence-electron chi connectivity index (χ1n) is 7.76. The van der Waals surface area contributed by atoms with Crippen LogP contribution in [-0.4, -0.2) is 24.3 Å². The van der Waals surface area contributed by atoms with E-state index in [1.54, 1.807) is 12.5 Å². The molecule has 0 radical (unpaired) electrons. The van der Waals surface area contributed by atoms with Gasteiger partial charge in [0.15, 0.2) is 5.75 Å². The number of hydrogen-bond acceptors (Lipinski definition) is 3. The Hall–Kier alpha value is -1.91. The SMILES string of the molecule is CCCCc1c(CC)c(O)c(O)n1CCCn1ccnc1. The smallest absolute Gasteiger partial charge is 0.235 e. The van der Waals surface area contributed by atoms with Gasteiger partial charge < -0.3 is 19.3 Å². The van der Waals surface area contributed by atoms with Gasteiger partial charge in [-0.15, -0.1) is 0 Å². The van der Waals surface area contributed by atoms with E-state index in [1.807, 2.05) is 22.3 Å². The highest BCUT2D eigenvalue weighted by Gasteiger charge is 2.20. The molecule has 2 aromatic rings. The van der Waals surface area contributed by atoms with Crippen LogP contribution in [0.1, 0.15) is 44.4 Å². The number of aromatic hydroxyl groups is 2. The monoisotopic (exact) mass is 291 g/mol. The van der Waals surface area contributed by atoms with E-state index in [0.717, 1.165) is 49.9 Å². The van der Waals surface area contributed by atoms with Gasteiger partial charge in [0.05, 0.1) is 6.33 Å². The molecule has 0 atom stereocenters. The largest absolute Gasteiger partial charge is 0.503 e. The Balaban J connectivity index is 2.12. The van der Waals surface area contributed by atoms with Crippen LogP contribution in [0, 0.1) is 0 Å². The van der Waals surface area contributed by atoms with E-state index in [9.17, 15) is 10.2 Å². The van der Waals surface area contributed by atoms with Crippen LogP contribution >= 0.6 is 0 Å². The Labute approximate surface area is 125 Å². The first-order valence-corrected chi connectivity index (χ1v) is 7.76. The lowest BCUT2D eigenvalue weighted by Gasteiger charge is -2.11. The van der Waals surface area contributed by atoms with Crippen LogP contribution in [0.3, 0.4) is 0 Å². The normalized spacial score (nSPS) is 11.1. The fourth-order valence-electron chi connectivity index (χ4n) is 2.76. The minimum atomic E-state index is 0.0172. The highest BCUT2D eigenvalue weighted by Crippen LogP contribution is 2.36. The van der Waals surface area contributed by atoms with Gasteiger partial charge in [0, 0.05) is 36.7 Å². The molecule has 0 bridgehead atoms. The van der Waals surface area contributed by atoms with Gasteiger partial charge in [-0.1, -0.05) is 20.3 Å². The second-order valence-corrected chi connectivity index (χ2v) is 5.36. The molecule has 0 fully saturated rings. The van der Waals surface area contributed by atoms with Crippen molar-refractivity contribution in [2.75, 3.05) is 0 Å². The molecule has 0 amide bonds. The molecule has 0 aliphatic rings. The fourth-order valence-corrected chi connectivity index (χ4v) is 2.76. The molecule has 5 nitrogen and oxygen atoms in total. The van der Waals surface area contributed by atoms with E-state index >= 15 is 0 Å². The Morgan fingerprint density at radius 2 is 1.95 bits per heavy atom. The lowest BCUT2D eigenvalue weighted by atomic mass is 10.1. The number of aryl methyl sites for hydroxylation is 1. The van der Waals surface area contributed by atoms with E-state index in [4.69, 9.17) is 0 Å². The summed E-state index contributed by atoms with van der Waals surface area (Å²) in [5.41, 5.74) is 1.98. The predicted molar refractivity (Wildman–Crippen MR) is 82.6 cm³/mol. The highest BCUT2D eigenvalue weighted by atomic mass is 16.3. The first kappa shape index (κ1) is 15.5. The van der Waals surface area contributed by atoms with Crippen LogP contribution < -0.4 is 0 Å². The average molecular weight is 291 g/mol. The third-order valence-corrected chi connectivity index (χ3v) is 3.91. The second-order valence-electron chi connectivity index (χ2n) is 5.36. The van der Waals surface area contributed by atoms with E-state index in [2.05, 4.69) is 11.9 Å². The fraction of sp³-hybridized carbons (Fsp3) is 0.562. The molecule has 0 saturated carbocycles. The second kappa shape index (κ2) is 7.20. The van der Waals surface area contributed by atoms with E-state index in [0.29, 0.717) is 6.54 Å². The minimum Gasteiger partial charge on any atom is -0.503 e. The van der Waals surface area contributed by atoms with Crippen molar-refractivity contribution in [1.29, 1.82) is 0 Å². The molecule has 0 unspecified atom stereocenters. The van der Waals surface area contributed by atoms with E-state index in [1.165, 1.54) is 0 Å². The van der Waals surface area contributed by atoms with Crippen molar-refractivity contribution < 1.29 is 10.2 Å². The minimum absolute atomic E-state index is 0.0172. The van der Waals surface area contributed by atoms with Gasteiger partial charge in [-0.3, -0.25) is 0 Å². The first-order chi connectivity index (χ1) is 10.2. The lowest BCUT2D eigenvalue weighted by molar-refractivity contribution is 0.364. The maximum absolute atomic E-state index is 10.2. The van der Waals surface area contributed by atoms with Gasteiger partial charge in [-0.05, 0) is 25.7 Å².